The number of nitrogens with one attached hydrogen (secondary N) is 2. The maximum absolute atomic E-state index is 11.8. The molecule has 0 aliphatic heterocycles. The van der Waals surface area contributed by atoms with Crippen LogP contribution in [0.1, 0.15) is 28.4 Å². The number of esters is 1. The lowest BCUT2D eigenvalue weighted by Gasteiger charge is -2.06. The minimum atomic E-state index is -0.353. The fourth-order valence-electron chi connectivity index (χ4n) is 2.14. The summed E-state index contributed by atoms with van der Waals surface area (Å²) in [5.74, 6) is 0.426. The van der Waals surface area contributed by atoms with Gasteiger partial charge in [-0.25, -0.2) is 9.59 Å². The van der Waals surface area contributed by atoms with Gasteiger partial charge in [-0.3, -0.25) is 0 Å². The molecule has 0 aromatic heterocycles. The number of benzene rings is 2. The third kappa shape index (κ3) is 5.98. The SMILES string of the molecule is CCOC(=O)c1ccc(CNC(=O)N/C=C/c2ccc(OC)cc2)cc1. The molecule has 26 heavy (non-hydrogen) atoms. The molecule has 2 amide bonds. The topological polar surface area (TPSA) is 76.7 Å². The number of urea groups is 1. The van der Waals surface area contributed by atoms with Crippen molar-refractivity contribution in [1.29, 1.82) is 0 Å². The molecule has 6 heteroatoms. The molecule has 0 unspecified atom stereocenters. The van der Waals surface area contributed by atoms with Gasteiger partial charge < -0.3 is 20.1 Å². The first-order valence-corrected chi connectivity index (χ1v) is 8.23. The van der Waals surface area contributed by atoms with Gasteiger partial charge in [0.2, 0.25) is 0 Å². The first-order valence-electron chi connectivity index (χ1n) is 8.23. The molecule has 0 heterocycles. The Morgan fingerprint density at radius 1 is 1.04 bits per heavy atom. The first-order chi connectivity index (χ1) is 12.6. The molecule has 6 nitrogen and oxygen atoms in total. The van der Waals surface area contributed by atoms with E-state index in [2.05, 4.69) is 10.6 Å². The minimum Gasteiger partial charge on any atom is -0.497 e. The van der Waals surface area contributed by atoms with Crippen molar-refractivity contribution in [1.82, 2.24) is 10.6 Å². The van der Waals surface area contributed by atoms with E-state index in [1.165, 1.54) is 0 Å². The normalized spacial score (nSPS) is 10.4. The van der Waals surface area contributed by atoms with Gasteiger partial charge in [0, 0.05) is 12.7 Å². The van der Waals surface area contributed by atoms with Crippen LogP contribution in [-0.2, 0) is 11.3 Å². The van der Waals surface area contributed by atoms with Gasteiger partial charge in [-0.1, -0.05) is 24.3 Å². The smallest absolute Gasteiger partial charge is 0.338 e. The Bertz CT molecular complexity index is 752. The summed E-state index contributed by atoms with van der Waals surface area (Å²) in [6, 6.07) is 14.1. The van der Waals surface area contributed by atoms with Crippen molar-refractivity contribution in [2.24, 2.45) is 0 Å². The zero-order chi connectivity index (χ0) is 18.8. The summed E-state index contributed by atoms with van der Waals surface area (Å²) in [4.78, 5) is 23.4. The fourth-order valence-corrected chi connectivity index (χ4v) is 2.14. The molecule has 0 radical (unpaired) electrons. The average Bonchev–Trinajstić information content (AvgIpc) is 2.67. The zero-order valence-electron chi connectivity index (χ0n) is 14.8. The van der Waals surface area contributed by atoms with Crippen LogP contribution in [0, 0.1) is 0 Å². The van der Waals surface area contributed by atoms with Gasteiger partial charge >= 0.3 is 12.0 Å². The molecule has 2 aromatic carbocycles. The molecule has 0 aliphatic carbocycles. The summed E-state index contributed by atoms with van der Waals surface area (Å²) in [6.07, 6.45) is 3.36. The summed E-state index contributed by atoms with van der Waals surface area (Å²) < 4.78 is 10.0. The van der Waals surface area contributed by atoms with Gasteiger partial charge in [-0.15, -0.1) is 0 Å². The van der Waals surface area contributed by atoms with Crippen LogP contribution in [0.3, 0.4) is 0 Å². The van der Waals surface area contributed by atoms with E-state index in [1.807, 2.05) is 24.3 Å². The average molecular weight is 354 g/mol. The van der Waals surface area contributed by atoms with Crippen molar-refractivity contribution in [2.45, 2.75) is 13.5 Å². The number of ether oxygens (including phenoxy) is 2. The summed E-state index contributed by atoms with van der Waals surface area (Å²) in [6.45, 7) is 2.45. The third-order valence-corrected chi connectivity index (χ3v) is 3.52. The molecule has 136 valence electrons. The van der Waals surface area contributed by atoms with Gasteiger partial charge in [0.1, 0.15) is 5.75 Å². The third-order valence-electron chi connectivity index (χ3n) is 3.52. The lowest BCUT2D eigenvalue weighted by Crippen LogP contribution is -2.31. The van der Waals surface area contributed by atoms with Crippen molar-refractivity contribution in [3.8, 4) is 5.75 Å². The molecule has 0 fully saturated rings. The van der Waals surface area contributed by atoms with Gasteiger partial charge in [0.15, 0.2) is 0 Å². The van der Waals surface area contributed by atoms with Gasteiger partial charge in [-0.05, 0) is 48.4 Å². The molecule has 0 saturated carbocycles. The number of carbonyl (C=O) groups is 2. The number of amides is 2. The van der Waals surface area contributed by atoms with E-state index in [0.717, 1.165) is 16.9 Å². The van der Waals surface area contributed by atoms with E-state index < -0.39 is 0 Å². The van der Waals surface area contributed by atoms with Crippen LogP contribution in [0.25, 0.3) is 6.08 Å². The van der Waals surface area contributed by atoms with Crippen molar-refractivity contribution in [3.05, 3.63) is 71.4 Å². The Morgan fingerprint density at radius 2 is 1.73 bits per heavy atom. The Balaban J connectivity index is 1.77. The monoisotopic (exact) mass is 354 g/mol. The summed E-state index contributed by atoms with van der Waals surface area (Å²) in [5.41, 5.74) is 2.32. The second-order valence-corrected chi connectivity index (χ2v) is 5.35. The predicted molar refractivity (Wildman–Crippen MR) is 99.8 cm³/mol. The van der Waals surface area contributed by atoms with Gasteiger partial charge in [-0.2, -0.15) is 0 Å². The van der Waals surface area contributed by atoms with E-state index in [4.69, 9.17) is 9.47 Å². The van der Waals surface area contributed by atoms with E-state index >= 15 is 0 Å². The number of rotatable bonds is 7. The molecule has 0 saturated heterocycles. The summed E-state index contributed by atoms with van der Waals surface area (Å²) in [5, 5.41) is 5.38. The molecule has 0 bridgehead atoms. The molecule has 2 aromatic rings. The van der Waals surface area contributed by atoms with E-state index in [1.54, 1.807) is 50.6 Å². The maximum Gasteiger partial charge on any atom is 0.338 e. The van der Waals surface area contributed by atoms with E-state index in [0.29, 0.717) is 18.7 Å². The number of hydrogen-bond donors (Lipinski definition) is 2. The molecule has 0 aliphatic rings. The zero-order valence-corrected chi connectivity index (χ0v) is 14.8. The Labute approximate surface area is 152 Å². The van der Waals surface area contributed by atoms with Crippen LogP contribution in [0.5, 0.6) is 5.75 Å². The molecule has 0 atom stereocenters. The van der Waals surface area contributed by atoms with Crippen molar-refractivity contribution < 1.29 is 19.1 Å². The van der Waals surface area contributed by atoms with Crippen molar-refractivity contribution in [2.75, 3.05) is 13.7 Å². The number of methoxy groups -OCH3 is 1. The molecular weight excluding hydrogens is 332 g/mol. The van der Waals surface area contributed by atoms with E-state index in [9.17, 15) is 9.59 Å². The highest BCUT2D eigenvalue weighted by Crippen LogP contribution is 2.12. The van der Waals surface area contributed by atoms with Crippen LogP contribution >= 0.6 is 0 Å². The molecular formula is C20H22N2O4. The Kier molecular flexibility index (Phi) is 7.24. The van der Waals surface area contributed by atoms with Crippen LogP contribution in [0.15, 0.2) is 54.7 Å². The highest BCUT2D eigenvalue weighted by atomic mass is 16.5. The second kappa shape index (κ2) is 9.88. The fraction of sp³-hybridized carbons (Fsp3) is 0.200. The standard InChI is InChI=1S/C20H22N2O4/c1-3-26-19(23)17-8-4-16(5-9-17)14-22-20(24)21-13-12-15-6-10-18(25-2)11-7-15/h4-13H,3,14H2,1-2H3,(H2,21,22,24)/b13-12+. The van der Waals surface area contributed by atoms with Crippen LogP contribution in [0.4, 0.5) is 4.79 Å². The van der Waals surface area contributed by atoms with Crippen LogP contribution in [-0.4, -0.2) is 25.7 Å². The van der Waals surface area contributed by atoms with Crippen molar-refractivity contribution in [3.63, 3.8) is 0 Å². The summed E-state index contributed by atoms with van der Waals surface area (Å²) >= 11 is 0. The second-order valence-electron chi connectivity index (χ2n) is 5.35. The lowest BCUT2D eigenvalue weighted by molar-refractivity contribution is 0.0526. The largest absolute Gasteiger partial charge is 0.497 e. The quantitative estimate of drug-likeness (QED) is 0.748. The predicted octanol–water partition coefficient (Wildman–Crippen LogP) is 3.34. The molecule has 2 rings (SSSR count). The van der Waals surface area contributed by atoms with Gasteiger partial charge in [0.25, 0.3) is 0 Å². The highest BCUT2D eigenvalue weighted by Gasteiger charge is 2.05. The Morgan fingerprint density at radius 3 is 2.35 bits per heavy atom. The van der Waals surface area contributed by atoms with Crippen molar-refractivity contribution >= 4 is 18.1 Å². The summed E-state index contributed by atoms with van der Waals surface area (Å²) in [7, 11) is 1.61. The van der Waals surface area contributed by atoms with Crippen LogP contribution in [0.2, 0.25) is 0 Å². The number of carbonyl (C=O) groups excluding carboxylic acids is 2. The maximum atomic E-state index is 11.8. The van der Waals surface area contributed by atoms with Gasteiger partial charge in [0.05, 0.1) is 19.3 Å². The Hall–Kier alpha value is -3.28. The molecule has 2 N–H and O–H groups in total. The van der Waals surface area contributed by atoms with Crippen LogP contribution < -0.4 is 15.4 Å². The molecule has 0 spiro atoms. The highest BCUT2D eigenvalue weighted by molar-refractivity contribution is 5.89. The lowest BCUT2D eigenvalue weighted by atomic mass is 10.1. The first kappa shape index (κ1) is 19.1. The number of hydrogen-bond acceptors (Lipinski definition) is 4. The van der Waals surface area contributed by atoms with E-state index in [-0.39, 0.29) is 12.0 Å². The minimum absolute atomic E-state index is 0.316.